The van der Waals surface area contributed by atoms with E-state index in [-0.39, 0.29) is 11.3 Å². The van der Waals surface area contributed by atoms with E-state index in [0.717, 1.165) is 51.3 Å². The van der Waals surface area contributed by atoms with E-state index in [4.69, 9.17) is 4.74 Å². The van der Waals surface area contributed by atoms with Crippen molar-refractivity contribution in [3.8, 4) is 0 Å². The summed E-state index contributed by atoms with van der Waals surface area (Å²) in [5, 5.41) is 0.165. The molecule has 2 saturated heterocycles. The van der Waals surface area contributed by atoms with Crippen LogP contribution in [0.15, 0.2) is 11.4 Å². The molecule has 148 valence electrons. The predicted molar refractivity (Wildman–Crippen MR) is 101 cm³/mol. The van der Waals surface area contributed by atoms with Crippen LogP contribution >= 0.6 is 0 Å². The van der Waals surface area contributed by atoms with E-state index in [1.54, 1.807) is 6.20 Å². The zero-order valence-corrected chi connectivity index (χ0v) is 16.9. The summed E-state index contributed by atoms with van der Waals surface area (Å²) in [6.07, 6.45) is 7.67. The van der Waals surface area contributed by atoms with Gasteiger partial charge >= 0.3 is 0 Å². The first-order valence-corrected chi connectivity index (χ1v) is 11.7. The number of ether oxygens (including phenoxy) is 1. The summed E-state index contributed by atoms with van der Waals surface area (Å²) < 4.78 is 31.9. The van der Waals surface area contributed by atoms with Crippen molar-refractivity contribution in [2.24, 2.45) is 0 Å². The lowest BCUT2D eigenvalue weighted by Crippen LogP contribution is -2.34. The fourth-order valence-electron chi connectivity index (χ4n) is 3.87. The third-order valence-electron chi connectivity index (χ3n) is 5.41. The van der Waals surface area contributed by atoms with Crippen molar-refractivity contribution in [3.63, 3.8) is 0 Å². The van der Waals surface area contributed by atoms with E-state index in [1.165, 1.54) is 32.2 Å². The minimum atomic E-state index is -3.35. The van der Waals surface area contributed by atoms with Crippen molar-refractivity contribution in [1.29, 1.82) is 0 Å². The molecule has 3 rings (SSSR count). The Labute approximate surface area is 157 Å². The normalized spacial score (nSPS) is 21.9. The fraction of sp³-hybridized carbons (Fsp3) is 0.833. The first kappa shape index (κ1) is 19.8. The summed E-state index contributed by atoms with van der Waals surface area (Å²) in [6.45, 7) is 9.62. The monoisotopic (exact) mass is 384 g/mol. The highest BCUT2D eigenvalue weighted by Crippen LogP contribution is 2.20. The second kappa shape index (κ2) is 8.82. The Morgan fingerprint density at radius 3 is 2.69 bits per heavy atom. The first-order valence-electron chi connectivity index (χ1n) is 9.78. The van der Waals surface area contributed by atoms with Gasteiger partial charge in [0.15, 0.2) is 0 Å². The van der Waals surface area contributed by atoms with Gasteiger partial charge < -0.3 is 14.2 Å². The lowest BCUT2D eigenvalue weighted by atomic mass is 10.2. The molecule has 0 radical (unpaired) electrons. The Morgan fingerprint density at radius 1 is 1.31 bits per heavy atom. The maximum absolute atomic E-state index is 12.2. The van der Waals surface area contributed by atoms with E-state index in [0.29, 0.717) is 6.54 Å². The smallest absolute Gasteiger partial charge is 0.227 e. The average molecular weight is 385 g/mol. The van der Waals surface area contributed by atoms with Gasteiger partial charge in [-0.15, -0.1) is 0 Å². The number of hydrogen-bond donors (Lipinski definition) is 0. The second-order valence-electron chi connectivity index (χ2n) is 7.47. The lowest BCUT2D eigenvalue weighted by Gasteiger charge is -2.25. The SMILES string of the molecule is CCN(CCN1CCCC1)Cc1cnc(S(C)(=O)=O)n1CC1CCCO1. The number of likely N-dealkylation sites (tertiary alicyclic amines) is 1. The van der Waals surface area contributed by atoms with Crippen LogP contribution in [-0.4, -0.2) is 79.5 Å². The molecule has 26 heavy (non-hydrogen) atoms. The van der Waals surface area contributed by atoms with Crippen molar-refractivity contribution in [1.82, 2.24) is 19.4 Å². The zero-order chi connectivity index (χ0) is 18.6. The van der Waals surface area contributed by atoms with E-state index in [9.17, 15) is 8.42 Å². The van der Waals surface area contributed by atoms with Crippen LogP contribution < -0.4 is 0 Å². The largest absolute Gasteiger partial charge is 0.376 e. The van der Waals surface area contributed by atoms with Crippen molar-refractivity contribution < 1.29 is 13.2 Å². The second-order valence-corrected chi connectivity index (χ2v) is 9.38. The Morgan fingerprint density at radius 2 is 2.08 bits per heavy atom. The third-order valence-corrected chi connectivity index (χ3v) is 6.40. The van der Waals surface area contributed by atoms with Gasteiger partial charge in [-0.05, 0) is 45.3 Å². The molecule has 0 aromatic carbocycles. The number of likely N-dealkylation sites (N-methyl/N-ethyl adjacent to an activating group) is 1. The molecule has 7 nitrogen and oxygen atoms in total. The minimum Gasteiger partial charge on any atom is -0.376 e. The molecule has 0 bridgehead atoms. The Bertz CT molecular complexity index is 677. The van der Waals surface area contributed by atoms with Crippen molar-refractivity contribution in [3.05, 3.63) is 11.9 Å². The lowest BCUT2D eigenvalue weighted by molar-refractivity contribution is 0.0932. The standard InChI is InChI=1S/C18H32N4O3S/c1-3-20(10-11-21-8-4-5-9-21)14-16-13-19-18(26(2,23)24)22(16)15-17-7-6-12-25-17/h13,17H,3-12,14-15H2,1-2H3. The Hall–Kier alpha value is -0.960. The van der Waals surface area contributed by atoms with Gasteiger partial charge in [-0.1, -0.05) is 6.92 Å². The van der Waals surface area contributed by atoms with Gasteiger partial charge in [0.25, 0.3) is 0 Å². The van der Waals surface area contributed by atoms with Gasteiger partial charge in [0, 0.05) is 32.5 Å². The topological polar surface area (TPSA) is 67.7 Å². The molecule has 1 unspecified atom stereocenters. The van der Waals surface area contributed by atoms with Crippen LogP contribution in [-0.2, 0) is 27.7 Å². The van der Waals surface area contributed by atoms with Crippen LogP contribution in [0.25, 0.3) is 0 Å². The molecule has 2 fully saturated rings. The number of hydrogen-bond acceptors (Lipinski definition) is 6. The molecule has 3 heterocycles. The molecule has 0 spiro atoms. The maximum atomic E-state index is 12.2. The van der Waals surface area contributed by atoms with Gasteiger partial charge in [-0.2, -0.15) is 0 Å². The van der Waals surface area contributed by atoms with Gasteiger partial charge in [0.05, 0.1) is 24.5 Å². The van der Waals surface area contributed by atoms with E-state index >= 15 is 0 Å². The summed E-state index contributed by atoms with van der Waals surface area (Å²) in [4.78, 5) is 9.11. The van der Waals surface area contributed by atoms with Crippen molar-refractivity contribution in [2.75, 3.05) is 45.6 Å². The molecule has 1 aromatic rings. The predicted octanol–water partition coefficient (Wildman–Crippen LogP) is 1.38. The number of nitrogens with zero attached hydrogens (tertiary/aromatic N) is 4. The highest BCUT2D eigenvalue weighted by atomic mass is 32.2. The molecule has 0 amide bonds. The molecular weight excluding hydrogens is 352 g/mol. The van der Waals surface area contributed by atoms with Gasteiger partial charge in [-0.3, -0.25) is 4.90 Å². The summed E-state index contributed by atoms with van der Waals surface area (Å²) >= 11 is 0. The average Bonchev–Trinajstić information content (AvgIpc) is 3.34. The minimum absolute atomic E-state index is 0.0862. The number of sulfone groups is 1. The summed E-state index contributed by atoms with van der Waals surface area (Å²) in [6, 6.07) is 0. The summed E-state index contributed by atoms with van der Waals surface area (Å²) in [7, 11) is -3.35. The van der Waals surface area contributed by atoms with Crippen LogP contribution in [0.1, 0.15) is 38.3 Å². The molecule has 0 saturated carbocycles. The molecule has 2 aliphatic heterocycles. The zero-order valence-electron chi connectivity index (χ0n) is 16.1. The van der Waals surface area contributed by atoms with Crippen molar-refractivity contribution >= 4 is 9.84 Å². The molecule has 1 aromatic heterocycles. The Kier molecular flexibility index (Phi) is 6.71. The number of aromatic nitrogens is 2. The summed E-state index contributed by atoms with van der Waals surface area (Å²) in [5.41, 5.74) is 0.962. The highest BCUT2D eigenvalue weighted by Gasteiger charge is 2.24. The fourth-order valence-corrected chi connectivity index (χ4v) is 4.70. The molecule has 2 aliphatic rings. The van der Waals surface area contributed by atoms with Gasteiger partial charge in [0.1, 0.15) is 0 Å². The third kappa shape index (κ3) is 5.06. The van der Waals surface area contributed by atoms with Crippen LogP contribution in [0.5, 0.6) is 0 Å². The first-order chi connectivity index (χ1) is 12.5. The number of rotatable bonds is 9. The molecule has 1 atom stereocenters. The molecule has 8 heteroatoms. The van der Waals surface area contributed by atoms with E-state index < -0.39 is 9.84 Å². The van der Waals surface area contributed by atoms with Gasteiger partial charge in [0.2, 0.25) is 15.0 Å². The number of imidazole rings is 1. The van der Waals surface area contributed by atoms with Crippen LogP contribution in [0.3, 0.4) is 0 Å². The van der Waals surface area contributed by atoms with E-state index in [2.05, 4.69) is 21.7 Å². The molecular formula is C18H32N4O3S. The highest BCUT2D eigenvalue weighted by molar-refractivity contribution is 7.90. The van der Waals surface area contributed by atoms with Crippen molar-refractivity contribution in [2.45, 2.75) is 57.0 Å². The maximum Gasteiger partial charge on any atom is 0.227 e. The molecule has 0 aliphatic carbocycles. The van der Waals surface area contributed by atoms with Gasteiger partial charge in [-0.25, -0.2) is 13.4 Å². The molecule has 0 N–H and O–H groups in total. The summed E-state index contributed by atoms with van der Waals surface area (Å²) in [5.74, 6) is 0. The quantitative estimate of drug-likeness (QED) is 0.641. The Balaban J connectivity index is 1.71. The van der Waals surface area contributed by atoms with Crippen LogP contribution in [0, 0.1) is 0 Å². The van der Waals surface area contributed by atoms with Crippen LogP contribution in [0.2, 0.25) is 0 Å². The van der Waals surface area contributed by atoms with Crippen LogP contribution in [0.4, 0.5) is 0 Å². The van der Waals surface area contributed by atoms with E-state index in [1.807, 2.05) is 4.57 Å².